The summed E-state index contributed by atoms with van der Waals surface area (Å²) in [5, 5.41) is 0.722. The normalized spacial score (nSPS) is 10.6. The number of hydrogen-bond acceptors (Lipinski definition) is 2. The fourth-order valence-electron chi connectivity index (χ4n) is 1.40. The Hall–Kier alpha value is -0.800. The van der Waals surface area contributed by atoms with Gasteiger partial charge in [-0.2, -0.15) is 0 Å². The molecule has 0 saturated carbocycles. The molecule has 0 radical (unpaired) electrons. The van der Waals surface area contributed by atoms with Crippen molar-refractivity contribution in [3.05, 3.63) is 39.8 Å². The van der Waals surface area contributed by atoms with E-state index in [0.717, 1.165) is 28.5 Å². The van der Waals surface area contributed by atoms with Crippen molar-refractivity contribution in [1.82, 2.24) is 4.98 Å². The second kappa shape index (κ2) is 4.37. The average molecular weight is 287 g/mol. The van der Waals surface area contributed by atoms with Crippen molar-refractivity contribution in [2.45, 2.75) is 13.3 Å². The Kier molecular flexibility index (Phi) is 3.12. The Morgan fingerprint density at radius 1 is 1.33 bits per heavy atom. The molecule has 2 nitrogen and oxygen atoms in total. The molecular formula is C11H9BrClNO. The number of benzene rings is 1. The highest BCUT2D eigenvalue weighted by Crippen LogP contribution is 2.27. The lowest BCUT2D eigenvalue weighted by molar-refractivity contribution is 0.486. The lowest BCUT2D eigenvalue weighted by Crippen LogP contribution is -1.83. The Morgan fingerprint density at radius 3 is 2.60 bits per heavy atom. The molecule has 0 spiro atoms. The van der Waals surface area contributed by atoms with Gasteiger partial charge in [0.25, 0.3) is 4.80 Å². The van der Waals surface area contributed by atoms with Crippen LogP contribution in [-0.4, -0.2) is 4.98 Å². The van der Waals surface area contributed by atoms with Gasteiger partial charge < -0.3 is 4.42 Å². The summed E-state index contributed by atoms with van der Waals surface area (Å²) in [4.78, 5) is 4.81. The molecule has 2 rings (SSSR count). The number of aryl methyl sites for hydroxylation is 1. The molecule has 0 bridgehead atoms. The largest absolute Gasteiger partial charge is 0.436 e. The van der Waals surface area contributed by atoms with E-state index in [0.29, 0.717) is 4.80 Å². The van der Waals surface area contributed by atoms with Crippen LogP contribution in [0.4, 0.5) is 0 Å². The zero-order chi connectivity index (χ0) is 10.8. The first-order valence-corrected chi connectivity index (χ1v) is 5.79. The van der Waals surface area contributed by atoms with E-state index in [2.05, 4.69) is 20.9 Å². The third-order valence-electron chi connectivity index (χ3n) is 2.11. The van der Waals surface area contributed by atoms with Crippen LogP contribution in [0.2, 0.25) is 5.02 Å². The fraction of sp³-hybridized carbons (Fsp3) is 0.182. The average Bonchev–Trinajstić information content (AvgIpc) is 2.61. The van der Waals surface area contributed by atoms with Crippen LogP contribution in [0, 0.1) is 0 Å². The van der Waals surface area contributed by atoms with Crippen molar-refractivity contribution in [3.63, 3.8) is 0 Å². The highest BCUT2D eigenvalue weighted by Gasteiger charge is 2.11. The Bertz CT molecular complexity index is 464. The predicted octanol–water partition coefficient (Wildman–Crippen LogP) is 4.32. The lowest BCUT2D eigenvalue weighted by Gasteiger charge is -1.98. The van der Waals surface area contributed by atoms with E-state index in [-0.39, 0.29) is 0 Å². The third-order valence-corrected chi connectivity index (χ3v) is 2.70. The summed E-state index contributed by atoms with van der Waals surface area (Å²) in [6.45, 7) is 2.03. The summed E-state index contributed by atoms with van der Waals surface area (Å²) in [6, 6.07) is 7.56. The van der Waals surface area contributed by atoms with Crippen molar-refractivity contribution < 1.29 is 4.42 Å². The maximum absolute atomic E-state index is 5.82. The van der Waals surface area contributed by atoms with Gasteiger partial charge in [-0.1, -0.05) is 30.7 Å². The minimum absolute atomic E-state index is 0.518. The molecule has 4 heteroatoms. The fourth-order valence-corrected chi connectivity index (χ4v) is 1.89. The van der Waals surface area contributed by atoms with Crippen molar-refractivity contribution >= 4 is 27.5 Å². The molecule has 0 aliphatic carbocycles. The summed E-state index contributed by atoms with van der Waals surface area (Å²) in [5.74, 6) is 0.879. The van der Waals surface area contributed by atoms with Crippen LogP contribution < -0.4 is 0 Å². The van der Waals surface area contributed by atoms with E-state index >= 15 is 0 Å². The highest BCUT2D eigenvalue weighted by atomic mass is 79.9. The topological polar surface area (TPSA) is 26.0 Å². The third kappa shape index (κ3) is 2.24. The van der Waals surface area contributed by atoms with Crippen LogP contribution in [-0.2, 0) is 6.42 Å². The van der Waals surface area contributed by atoms with E-state index in [1.807, 2.05) is 31.2 Å². The van der Waals surface area contributed by atoms with Gasteiger partial charge in [-0.15, -0.1) is 0 Å². The van der Waals surface area contributed by atoms with Crippen LogP contribution in [0.5, 0.6) is 0 Å². The second-order valence-corrected chi connectivity index (χ2v) is 4.21. The zero-order valence-electron chi connectivity index (χ0n) is 8.13. The number of halogens is 2. The highest BCUT2D eigenvalue weighted by molar-refractivity contribution is 9.10. The van der Waals surface area contributed by atoms with Gasteiger partial charge in [0.1, 0.15) is 11.5 Å². The molecule has 0 atom stereocenters. The van der Waals surface area contributed by atoms with Crippen LogP contribution in [0.15, 0.2) is 33.5 Å². The molecule has 0 unspecified atom stereocenters. The number of aromatic nitrogens is 1. The maximum Gasteiger partial charge on any atom is 0.264 e. The van der Waals surface area contributed by atoms with E-state index in [1.54, 1.807) is 0 Å². The molecule has 1 heterocycles. The standard InChI is InChI=1S/C11H9BrClNO/c1-2-9-10(14-11(12)15-9)7-3-5-8(13)6-4-7/h3-6H,2H2,1H3. The second-order valence-electron chi connectivity index (χ2n) is 3.10. The molecule has 0 fully saturated rings. The number of nitrogens with zero attached hydrogens (tertiary/aromatic N) is 1. The van der Waals surface area contributed by atoms with Crippen LogP contribution in [0.3, 0.4) is 0 Å². The summed E-state index contributed by atoms with van der Waals surface area (Å²) in [6.07, 6.45) is 0.816. The van der Waals surface area contributed by atoms with Gasteiger partial charge in [0.2, 0.25) is 0 Å². The van der Waals surface area contributed by atoms with Crippen molar-refractivity contribution in [2.75, 3.05) is 0 Å². The minimum atomic E-state index is 0.518. The van der Waals surface area contributed by atoms with Crippen LogP contribution >= 0.6 is 27.5 Å². The van der Waals surface area contributed by atoms with E-state index in [1.165, 1.54) is 0 Å². The molecule has 0 aliphatic rings. The SMILES string of the molecule is CCc1oc(Br)nc1-c1ccc(Cl)cc1. The van der Waals surface area contributed by atoms with E-state index in [4.69, 9.17) is 16.0 Å². The lowest BCUT2D eigenvalue weighted by atomic mass is 10.1. The summed E-state index contributed by atoms with van der Waals surface area (Å²) in [7, 11) is 0. The van der Waals surface area contributed by atoms with Gasteiger partial charge in [0, 0.05) is 32.9 Å². The van der Waals surface area contributed by atoms with E-state index in [9.17, 15) is 0 Å². The van der Waals surface area contributed by atoms with Gasteiger partial charge in [-0.05, 0) is 12.1 Å². The summed E-state index contributed by atoms with van der Waals surface area (Å²) in [5.41, 5.74) is 1.90. The van der Waals surface area contributed by atoms with Crippen LogP contribution in [0.25, 0.3) is 11.3 Å². The van der Waals surface area contributed by atoms with E-state index < -0.39 is 0 Å². The molecule has 0 amide bonds. The first kappa shape index (κ1) is 10.7. The number of oxazole rings is 1. The molecule has 15 heavy (non-hydrogen) atoms. The molecule has 0 N–H and O–H groups in total. The maximum atomic E-state index is 5.82. The van der Waals surface area contributed by atoms with Gasteiger partial charge in [-0.3, -0.25) is 0 Å². The Balaban J connectivity index is 2.48. The van der Waals surface area contributed by atoms with Crippen molar-refractivity contribution in [1.29, 1.82) is 0 Å². The summed E-state index contributed by atoms with van der Waals surface area (Å²) < 4.78 is 5.42. The van der Waals surface area contributed by atoms with Crippen LogP contribution in [0.1, 0.15) is 12.7 Å². The van der Waals surface area contributed by atoms with Crippen molar-refractivity contribution in [2.24, 2.45) is 0 Å². The quantitative estimate of drug-likeness (QED) is 0.822. The molecule has 0 aliphatic heterocycles. The smallest absolute Gasteiger partial charge is 0.264 e. The molecule has 78 valence electrons. The number of hydrogen-bond donors (Lipinski definition) is 0. The van der Waals surface area contributed by atoms with Gasteiger partial charge in [0.05, 0.1) is 0 Å². The molecule has 0 saturated heterocycles. The van der Waals surface area contributed by atoms with Gasteiger partial charge in [-0.25, -0.2) is 4.98 Å². The van der Waals surface area contributed by atoms with Crippen molar-refractivity contribution in [3.8, 4) is 11.3 Å². The minimum Gasteiger partial charge on any atom is -0.436 e. The van der Waals surface area contributed by atoms with Gasteiger partial charge >= 0.3 is 0 Å². The first-order chi connectivity index (χ1) is 7.20. The summed E-state index contributed by atoms with van der Waals surface area (Å²) >= 11 is 9.06. The first-order valence-electron chi connectivity index (χ1n) is 4.62. The van der Waals surface area contributed by atoms with Gasteiger partial charge in [0.15, 0.2) is 0 Å². The molecule has 1 aromatic heterocycles. The predicted molar refractivity (Wildman–Crippen MR) is 64.0 cm³/mol. The molecule has 2 aromatic rings. The monoisotopic (exact) mass is 285 g/mol. The Labute approximate surface area is 101 Å². The number of rotatable bonds is 2. The molecule has 1 aromatic carbocycles. The molecular weight excluding hydrogens is 277 g/mol. The Morgan fingerprint density at radius 2 is 2.00 bits per heavy atom. The zero-order valence-corrected chi connectivity index (χ0v) is 10.5.